The van der Waals surface area contributed by atoms with Crippen molar-refractivity contribution >= 4 is 5.82 Å². The minimum Gasteiger partial charge on any atom is -0.379 e. The number of nitrogens with one attached hydrogen (secondary N) is 1. The van der Waals surface area contributed by atoms with Gasteiger partial charge >= 0.3 is 6.18 Å². The second-order valence-electron chi connectivity index (χ2n) is 5.99. The first-order valence-electron chi connectivity index (χ1n) is 8.16. The Morgan fingerprint density at radius 1 is 1.00 bits per heavy atom. The lowest BCUT2D eigenvalue weighted by molar-refractivity contribution is -0.137. The average Bonchev–Trinajstić information content (AvgIpc) is 2.62. The van der Waals surface area contributed by atoms with Gasteiger partial charge in [-0.1, -0.05) is 24.3 Å². The van der Waals surface area contributed by atoms with Gasteiger partial charge in [0.15, 0.2) is 0 Å². The predicted molar refractivity (Wildman–Crippen MR) is 89.1 cm³/mol. The van der Waals surface area contributed by atoms with E-state index in [2.05, 4.69) is 27.3 Å². The van der Waals surface area contributed by atoms with Gasteiger partial charge in [0.25, 0.3) is 0 Å². The number of ether oxygens (including phenoxy) is 1. The number of rotatable bonds is 5. The van der Waals surface area contributed by atoms with Crippen LogP contribution >= 0.6 is 0 Å². The zero-order valence-electron chi connectivity index (χ0n) is 13.7. The van der Waals surface area contributed by atoms with Crippen LogP contribution in [0.4, 0.5) is 19.0 Å². The van der Waals surface area contributed by atoms with Gasteiger partial charge in [-0.2, -0.15) is 13.2 Å². The van der Waals surface area contributed by atoms with Crippen molar-refractivity contribution in [2.45, 2.75) is 19.3 Å². The third-order valence-electron chi connectivity index (χ3n) is 4.10. The highest BCUT2D eigenvalue weighted by Gasteiger charge is 2.30. The topological polar surface area (TPSA) is 37.4 Å². The molecule has 7 heteroatoms. The molecule has 4 nitrogen and oxygen atoms in total. The fraction of sp³-hybridized carbons (Fsp3) is 0.389. The van der Waals surface area contributed by atoms with E-state index in [-0.39, 0.29) is 0 Å². The van der Waals surface area contributed by atoms with Crippen molar-refractivity contribution in [3.8, 4) is 0 Å². The molecule has 1 aromatic heterocycles. The molecule has 1 aromatic carbocycles. The third-order valence-corrected chi connectivity index (χ3v) is 4.10. The highest BCUT2D eigenvalue weighted by Crippen LogP contribution is 2.28. The molecule has 2 heterocycles. The summed E-state index contributed by atoms with van der Waals surface area (Å²) in [7, 11) is 0. The van der Waals surface area contributed by atoms with Crippen LogP contribution in [-0.2, 0) is 24.0 Å². The number of pyridine rings is 1. The number of hydrogen-bond donors (Lipinski definition) is 1. The van der Waals surface area contributed by atoms with E-state index in [9.17, 15) is 13.2 Å². The molecule has 0 bridgehead atoms. The summed E-state index contributed by atoms with van der Waals surface area (Å²) in [6.07, 6.45) is -3.52. The van der Waals surface area contributed by atoms with Crippen molar-refractivity contribution < 1.29 is 17.9 Å². The largest absolute Gasteiger partial charge is 0.417 e. The first-order valence-corrected chi connectivity index (χ1v) is 8.16. The quantitative estimate of drug-likeness (QED) is 0.894. The van der Waals surface area contributed by atoms with Gasteiger partial charge in [-0.15, -0.1) is 0 Å². The van der Waals surface area contributed by atoms with Gasteiger partial charge in [0.05, 0.1) is 18.8 Å². The van der Waals surface area contributed by atoms with Crippen LogP contribution in [0.2, 0.25) is 0 Å². The van der Waals surface area contributed by atoms with E-state index in [0.29, 0.717) is 12.4 Å². The van der Waals surface area contributed by atoms with Crippen molar-refractivity contribution in [2.75, 3.05) is 31.6 Å². The number of halogens is 3. The van der Waals surface area contributed by atoms with Crippen LogP contribution in [0.1, 0.15) is 16.7 Å². The van der Waals surface area contributed by atoms with Crippen LogP contribution in [-0.4, -0.2) is 36.2 Å². The van der Waals surface area contributed by atoms with E-state index in [1.807, 2.05) is 12.1 Å². The molecule has 0 unspecified atom stereocenters. The number of benzene rings is 1. The molecule has 1 N–H and O–H groups in total. The van der Waals surface area contributed by atoms with Crippen LogP contribution in [0, 0.1) is 0 Å². The number of nitrogens with zero attached hydrogens (tertiary/aromatic N) is 2. The van der Waals surface area contributed by atoms with Gasteiger partial charge in [0, 0.05) is 32.4 Å². The Labute approximate surface area is 144 Å². The SMILES string of the molecule is FC(F)(F)c1ccc(NCc2ccc(CN3CCOCC3)cc2)nc1. The second-order valence-corrected chi connectivity index (χ2v) is 5.99. The number of aromatic nitrogens is 1. The summed E-state index contributed by atoms with van der Waals surface area (Å²) in [6.45, 7) is 4.86. The van der Waals surface area contributed by atoms with Crippen molar-refractivity contribution in [3.05, 3.63) is 59.3 Å². The highest BCUT2D eigenvalue weighted by molar-refractivity contribution is 5.37. The zero-order chi connectivity index (χ0) is 17.7. The molecule has 2 aromatic rings. The van der Waals surface area contributed by atoms with Crippen molar-refractivity contribution in [1.29, 1.82) is 0 Å². The molecule has 0 spiro atoms. The van der Waals surface area contributed by atoms with Crippen LogP contribution in [0.3, 0.4) is 0 Å². The molecule has 0 atom stereocenters. The van der Waals surface area contributed by atoms with Gasteiger partial charge in [-0.05, 0) is 23.3 Å². The monoisotopic (exact) mass is 351 g/mol. The molecular formula is C18H20F3N3O. The Kier molecular flexibility index (Phi) is 5.55. The Balaban J connectivity index is 1.51. The van der Waals surface area contributed by atoms with Crippen LogP contribution < -0.4 is 5.32 Å². The Hall–Kier alpha value is -2.12. The number of alkyl halides is 3. The Bertz CT molecular complexity index is 665. The van der Waals surface area contributed by atoms with Crippen molar-refractivity contribution in [1.82, 2.24) is 9.88 Å². The van der Waals surface area contributed by atoms with E-state index >= 15 is 0 Å². The third kappa shape index (κ3) is 5.17. The fourth-order valence-corrected chi connectivity index (χ4v) is 2.64. The molecule has 1 fully saturated rings. The molecule has 1 aliphatic rings. The molecule has 0 saturated carbocycles. The van der Waals surface area contributed by atoms with E-state index in [1.54, 1.807) is 0 Å². The van der Waals surface area contributed by atoms with Gasteiger partial charge in [0.2, 0.25) is 0 Å². The zero-order valence-corrected chi connectivity index (χ0v) is 13.7. The number of anilines is 1. The molecule has 25 heavy (non-hydrogen) atoms. The minimum absolute atomic E-state index is 0.422. The van der Waals surface area contributed by atoms with Gasteiger partial charge in [-0.3, -0.25) is 4.90 Å². The first-order chi connectivity index (χ1) is 12.0. The maximum Gasteiger partial charge on any atom is 0.417 e. The lowest BCUT2D eigenvalue weighted by Crippen LogP contribution is -2.35. The predicted octanol–water partition coefficient (Wildman–Crippen LogP) is 3.54. The summed E-state index contributed by atoms with van der Waals surface area (Å²) in [5.41, 5.74) is 1.54. The molecule has 0 radical (unpaired) electrons. The summed E-state index contributed by atoms with van der Waals surface area (Å²) >= 11 is 0. The molecule has 0 aliphatic carbocycles. The molecule has 0 amide bonds. The lowest BCUT2D eigenvalue weighted by Gasteiger charge is -2.26. The summed E-state index contributed by atoms with van der Waals surface area (Å²) in [6, 6.07) is 10.6. The second kappa shape index (κ2) is 7.84. The van der Waals surface area contributed by atoms with Gasteiger partial charge < -0.3 is 10.1 Å². The Morgan fingerprint density at radius 2 is 1.68 bits per heavy atom. The van der Waals surface area contributed by atoms with Crippen LogP contribution in [0.15, 0.2) is 42.6 Å². The average molecular weight is 351 g/mol. The van der Waals surface area contributed by atoms with E-state index in [1.165, 1.54) is 11.6 Å². The smallest absolute Gasteiger partial charge is 0.379 e. The normalized spacial score (nSPS) is 16.0. The molecule has 1 aliphatic heterocycles. The van der Waals surface area contributed by atoms with Gasteiger partial charge in [-0.25, -0.2) is 4.98 Å². The van der Waals surface area contributed by atoms with Crippen molar-refractivity contribution in [3.63, 3.8) is 0 Å². The maximum absolute atomic E-state index is 12.5. The minimum atomic E-state index is -4.36. The summed E-state index contributed by atoms with van der Waals surface area (Å²) in [4.78, 5) is 6.16. The van der Waals surface area contributed by atoms with Gasteiger partial charge in [0.1, 0.15) is 5.82 Å². The highest BCUT2D eigenvalue weighted by atomic mass is 19.4. The molecule has 134 valence electrons. The van der Waals surface area contributed by atoms with Crippen molar-refractivity contribution in [2.24, 2.45) is 0 Å². The summed E-state index contributed by atoms with van der Waals surface area (Å²) in [5.74, 6) is 0.422. The van der Waals surface area contributed by atoms with E-state index in [4.69, 9.17) is 4.74 Å². The lowest BCUT2D eigenvalue weighted by atomic mass is 10.1. The number of morpholine rings is 1. The van der Waals surface area contributed by atoms with Crippen LogP contribution in [0.5, 0.6) is 0 Å². The molecule has 1 saturated heterocycles. The number of hydrogen-bond acceptors (Lipinski definition) is 4. The molecule has 3 rings (SSSR count). The fourth-order valence-electron chi connectivity index (χ4n) is 2.64. The first kappa shape index (κ1) is 17.7. The van der Waals surface area contributed by atoms with E-state index in [0.717, 1.165) is 50.7 Å². The summed E-state index contributed by atoms with van der Waals surface area (Å²) < 4.78 is 42.9. The standard InChI is InChI=1S/C18H20F3N3O/c19-18(20,21)16-5-6-17(23-12-16)22-11-14-1-3-15(4-2-14)13-24-7-9-25-10-8-24/h1-6,12H,7-11,13H2,(H,22,23). The summed E-state index contributed by atoms with van der Waals surface area (Å²) in [5, 5.41) is 3.04. The van der Waals surface area contributed by atoms with E-state index < -0.39 is 11.7 Å². The van der Waals surface area contributed by atoms with Crippen LogP contribution in [0.25, 0.3) is 0 Å². The molecular weight excluding hydrogens is 331 g/mol. The Morgan fingerprint density at radius 3 is 2.28 bits per heavy atom. The maximum atomic E-state index is 12.5.